The van der Waals surface area contributed by atoms with Crippen molar-refractivity contribution in [2.45, 2.75) is 12.8 Å². The number of ether oxygens (including phenoxy) is 6. The summed E-state index contributed by atoms with van der Waals surface area (Å²) in [6.07, 6.45) is 0.240. The largest absolute Gasteiger partial charge is 0.481 e. The molecule has 9 nitrogen and oxygen atoms in total. The number of carbonyl (C=O) groups is 2. The molecule has 0 aliphatic carbocycles. The van der Waals surface area contributed by atoms with Gasteiger partial charge in [0.2, 0.25) is 0 Å². The van der Waals surface area contributed by atoms with Crippen LogP contribution in [0.25, 0.3) is 0 Å². The van der Waals surface area contributed by atoms with E-state index in [0.29, 0.717) is 59.5 Å². The minimum Gasteiger partial charge on any atom is -0.481 e. The molecular weight excluding hydrogens is 324 g/mol. The van der Waals surface area contributed by atoms with Gasteiger partial charge in [0.05, 0.1) is 86.0 Å². The maximum absolute atomic E-state index is 10.8. The fourth-order valence-corrected chi connectivity index (χ4v) is 1.40. The molecule has 0 aromatic heterocycles. The fourth-order valence-electron chi connectivity index (χ4n) is 1.40. The summed E-state index contributed by atoms with van der Waals surface area (Å²) >= 11 is 0. The summed E-state index contributed by atoms with van der Waals surface area (Å²) in [6, 6.07) is 0. The van der Waals surface area contributed by atoms with Crippen LogP contribution in [0.15, 0.2) is 0 Å². The summed E-state index contributed by atoms with van der Waals surface area (Å²) in [5.41, 5.74) is 0. The van der Waals surface area contributed by atoms with Crippen molar-refractivity contribution in [1.82, 2.24) is 0 Å². The van der Waals surface area contributed by atoms with Gasteiger partial charge in [0.25, 0.3) is 0 Å². The number of esters is 1. The second-order valence-corrected chi connectivity index (χ2v) is 4.53. The van der Waals surface area contributed by atoms with Crippen LogP contribution in [0.3, 0.4) is 0 Å². The minimum absolute atomic E-state index is 0.000565. The Balaban J connectivity index is 3.03. The predicted molar refractivity (Wildman–Crippen MR) is 83.0 cm³/mol. The molecule has 0 saturated heterocycles. The first-order valence-corrected chi connectivity index (χ1v) is 7.84. The van der Waals surface area contributed by atoms with Gasteiger partial charge in [-0.05, 0) is 0 Å². The highest BCUT2D eigenvalue weighted by Crippen LogP contribution is 1.88. The Morgan fingerprint density at radius 1 is 0.625 bits per heavy atom. The van der Waals surface area contributed by atoms with E-state index in [4.69, 9.17) is 28.8 Å². The van der Waals surface area contributed by atoms with E-state index in [-0.39, 0.29) is 25.4 Å². The van der Waals surface area contributed by atoms with E-state index in [1.54, 1.807) is 0 Å². The molecule has 0 spiro atoms. The number of carboxylic acids is 1. The number of carboxylic acid groups (broad SMARTS) is 1. The van der Waals surface area contributed by atoms with E-state index in [2.05, 4.69) is 4.74 Å². The van der Waals surface area contributed by atoms with Crippen molar-refractivity contribution >= 4 is 11.9 Å². The maximum Gasteiger partial charge on any atom is 0.307 e. The van der Waals surface area contributed by atoms with Crippen LogP contribution < -0.4 is 0 Å². The lowest BCUT2D eigenvalue weighted by atomic mass is 10.5. The van der Waals surface area contributed by atoms with Crippen molar-refractivity contribution in [2.75, 3.05) is 73.2 Å². The summed E-state index contributed by atoms with van der Waals surface area (Å²) in [5.74, 6) is -1.17. The topological polar surface area (TPSA) is 110 Å². The summed E-state index contributed by atoms with van der Waals surface area (Å²) in [5, 5.41) is 8.40. The van der Waals surface area contributed by atoms with Gasteiger partial charge >= 0.3 is 11.9 Å². The van der Waals surface area contributed by atoms with E-state index in [1.807, 2.05) is 0 Å². The van der Waals surface area contributed by atoms with E-state index < -0.39 is 5.97 Å². The lowest BCUT2D eigenvalue weighted by molar-refractivity contribution is -0.142. The van der Waals surface area contributed by atoms with Crippen LogP contribution in [0.4, 0.5) is 0 Å². The van der Waals surface area contributed by atoms with Gasteiger partial charge < -0.3 is 33.5 Å². The quantitative estimate of drug-likeness (QED) is 0.271. The van der Waals surface area contributed by atoms with Crippen LogP contribution in [-0.2, 0) is 38.0 Å². The average Bonchev–Trinajstić information content (AvgIpc) is 2.57. The van der Waals surface area contributed by atoms with Gasteiger partial charge in [0, 0.05) is 0 Å². The Morgan fingerprint density at radius 2 is 0.958 bits per heavy atom. The first-order valence-electron chi connectivity index (χ1n) is 7.84. The molecule has 1 N–H and O–H groups in total. The first kappa shape index (κ1) is 22.7. The van der Waals surface area contributed by atoms with Crippen molar-refractivity contribution in [1.29, 1.82) is 0 Å². The Kier molecular flexibility index (Phi) is 17.1. The lowest BCUT2D eigenvalue weighted by Crippen LogP contribution is -2.14. The summed E-state index contributed by atoms with van der Waals surface area (Å²) in [6.45, 7) is 3.96. The van der Waals surface area contributed by atoms with Crippen LogP contribution in [-0.4, -0.2) is 90.2 Å². The van der Waals surface area contributed by atoms with Gasteiger partial charge in [-0.3, -0.25) is 9.59 Å². The van der Waals surface area contributed by atoms with Crippen molar-refractivity contribution in [2.24, 2.45) is 0 Å². The molecule has 0 saturated carbocycles. The zero-order valence-electron chi connectivity index (χ0n) is 14.2. The second kappa shape index (κ2) is 18.1. The molecule has 0 unspecified atom stereocenters. The molecule has 0 bridgehead atoms. The van der Waals surface area contributed by atoms with Crippen LogP contribution in [0, 0.1) is 0 Å². The Morgan fingerprint density at radius 3 is 1.29 bits per heavy atom. The van der Waals surface area contributed by atoms with E-state index in [9.17, 15) is 9.59 Å². The van der Waals surface area contributed by atoms with Gasteiger partial charge in [-0.2, -0.15) is 0 Å². The second-order valence-electron chi connectivity index (χ2n) is 4.53. The molecule has 0 aliphatic rings. The highest BCUT2D eigenvalue weighted by atomic mass is 16.6. The van der Waals surface area contributed by atoms with Gasteiger partial charge in [0.1, 0.15) is 0 Å². The Labute approximate surface area is 142 Å². The number of hydrogen-bond donors (Lipinski definition) is 1. The van der Waals surface area contributed by atoms with Gasteiger partial charge in [-0.25, -0.2) is 0 Å². The monoisotopic (exact) mass is 352 g/mol. The normalized spacial score (nSPS) is 10.7. The minimum atomic E-state index is -0.876. The number of carbonyl (C=O) groups excluding carboxylic acids is 1. The van der Waals surface area contributed by atoms with E-state index in [0.717, 1.165) is 0 Å². The fraction of sp³-hybridized carbons (Fsp3) is 0.867. The Hall–Kier alpha value is -1.26. The zero-order valence-corrected chi connectivity index (χ0v) is 14.2. The van der Waals surface area contributed by atoms with Crippen molar-refractivity contribution in [3.63, 3.8) is 0 Å². The van der Waals surface area contributed by atoms with Crippen LogP contribution in [0.1, 0.15) is 12.8 Å². The molecule has 24 heavy (non-hydrogen) atoms. The molecule has 142 valence electrons. The van der Waals surface area contributed by atoms with Crippen molar-refractivity contribution in [3.8, 4) is 0 Å². The van der Waals surface area contributed by atoms with Crippen LogP contribution in [0.2, 0.25) is 0 Å². The lowest BCUT2D eigenvalue weighted by Gasteiger charge is -2.07. The van der Waals surface area contributed by atoms with Crippen molar-refractivity contribution < 1.29 is 43.1 Å². The standard InChI is InChI=1S/C15H28O9/c1-19-15(18)3-5-21-7-9-23-11-13-24-12-10-22-8-6-20-4-2-14(16)17/h2-13H2,1H3,(H,16,17). The first-order chi connectivity index (χ1) is 11.7. The molecule has 0 aromatic carbocycles. The number of methoxy groups -OCH3 is 1. The van der Waals surface area contributed by atoms with E-state index in [1.165, 1.54) is 7.11 Å². The van der Waals surface area contributed by atoms with Gasteiger partial charge in [-0.15, -0.1) is 0 Å². The van der Waals surface area contributed by atoms with Crippen LogP contribution in [0.5, 0.6) is 0 Å². The average molecular weight is 352 g/mol. The molecular formula is C15H28O9. The third kappa shape index (κ3) is 18.8. The summed E-state index contributed by atoms with van der Waals surface area (Å²) in [7, 11) is 1.34. The number of hydrogen-bond acceptors (Lipinski definition) is 8. The SMILES string of the molecule is COC(=O)CCOCCOCCOCCOCCOCCC(=O)O. The smallest absolute Gasteiger partial charge is 0.307 e. The third-order valence-corrected chi connectivity index (χ3v) is 2.63. The highest BCUT2D eigenvalue weighted by molar-refractivity contribution is 5.69. The van der Waals surface area contributed by atoms with Gasteiger partial charge in [0.15, 0.2) is 0 Å². The highest BCUT2D eigenvalue weighted by Gasteiger charge is 1.99. The molecule has 0 aliphatic heterocycles. The van der Waals surface area contributed by atoms with E-state index >= 15 is 0 Å². The summed E-state index contributed by atoms with van der Waals surface area (Å²) in [4.78, 5) is 21.0. The molecule has 9 heteroatoms. The molecule has 0 rings (SSSR count). The number of aliphatic carboxylic acids is 1. The Bertz CT molecular complexity index is 309. The molecule has 0 radical (unpaired) electrons. The molecule has 0 fully saturated rings. The maximum atomic E-state index is 10.8. The predicted octanol–water partition coefficient (Wildman–Crippen LogP) is 0.107. The third-order valence-electron chi connectivity index (χ3n) is 2.63. The molecule has 0 amide bonds. The van der Waals surface area contributed by atoms with Gasteiger partial charge in [-0.1, -0.05) is 0 Å². The van der Waals surface area contributed by atoms with Crippen LogP contribution >= 0.6 is 0 Å². The molecule has 0 heterocycles. The zero-order chi connectivity index (χ0) is 17.9. The molecule has 0 aromatic rings. The molecule has 0 atom stereocenters. The summed E-state index contributed by atoms with van der Waals surface area (Å²) < 4.78 is 30.6. The number of rotatable bonds is 18. The van der Waals surface area contributed by atoms with Crippen molar-refractivity contribution in [3.05, 3.63) is 0 Å².